The second kappa shape index (κ2) is 4.97. The maximum atomic E-state index is 13.6. The molecule has 1 aromatic carbocycles. The lowest BCUT2D eigenvalue weighted by atomic mass is 10.1. The van der Waals surface area contributed by atoms with E-state index >= 15 is 0 Å². The smallest absolute Gasteiger partial charge is 0.264 e. The first kappa shape index (κ1) is 12.1. The average Bonchev–Trinajstić information content (AvgIpc) is 3.02. The molecule has 19 heavy (non-hydrogen) atoms. The molecule has 0 aliphatic carbocycles. The van der Waals surface area contributed by atoms with Gasteiger partial charge in [-0.05, 0) is 24.5 Å². The first-order valence-electron chi connectivity index (χ1n) is 6.12. The monoisotopic (exact) mass is 264 g/mol. The van der Waals surface area contributed by atoms with Crippen LogP contribution in [0.4, 0.5) is 4.39 Å². The third-order valence-electron chi connectivity index (χ3n) is 3.17. The highest BCUT2D eigenvalue weighted by Gasteiger charge is 2.21. The molecule has 1 saturated heterocycles. The lowest BCUT2D eigenvalue weighted by Crippen LogP contribution is -2.04. The molecule has 1 N–H and O–H groups in total. The van der Waals surface area contributed by atoms with E-state index in [9.17, 15) is 9.50 Å². The summed E-state index contributed by atoms with van der Waals surface area (Å²) in [7, 11) is 0. The number of phenols is 1. The highest BCUT2D eigenvalue weighted by Crippen LogP contribution is 2.30. The maximum absolute atomic E-state index is 13.6. The molecule has 1 aliphatic heterocycles. The van der Waals surface area contributed by atoms with E-state index in [0.29, 0.717) is 24.8 Å². The highest BCUT2D eigenvalue weighted by molar-refractivity contribution is 5.62. The molecule has 0 saturated carbocycles. The minimum Gasteiger partial charge on any atom is -0.507 e. The molecule has 1 aliphatic rings. The van der Waals surface area contributed by atoms with E-state index in [2.05, 4.69) is 10.1 Å². The summed E-state index contributed by atoms with van der Waals surface area (Å²) in [5.74, 6) is 0.0936. The van der Waals surface area contributed by atoms with Crippen molar-refractivity contribution in [2.24, 2.45) is 5.92 Å². The topological polar surface area (TPSA) is 68.4 Å². The van der Waals surface area contributed by atoms with Crippen LogP contribution in [0.1, 0.15) is 12.2 Å². The molecular weight excluding hydrogens is 251 g/mol. The van der Waals surface area contributed by atoms with Crippen molar-refractivity contribution in [1.82, 2.24) is 10.1 Å². The molecule has 1 unspecified atom stereocenters. The lowest BCUT2D eigenvalue weighted by molar-refractivity contribution is 0.185. The molecular formula is C13H13FN2O3. The van der Waals surface area contributed by atoms with E-state index in [1.54, 1.807) is 0 Å². The second-order valence-corrected chi connectivity index (χ2v) is 4.58. The van der Waals surface area contributed by atoms with E-state index in [4.69, 9.17) is 9.26 Å². The Hall–Kier alpha value is -1.95. The highest BCUT2D eigenvalue weighted by atomic mass is 19.1. The van der Waals surface area contributed by atoms with Crippen LogP contribution in [0, 0.1) is 11.7 Å². The van der Waals surface area contributed by atoms with Gasteiger partial charge in [0, 0.05) is 19.6 Å². The molecule has 2 aromatic rings. The Kier molecular flexibility index (Phi) is 3.16. The number of aromatic nitrogens is 2. The van der Waals surface area contributed by atoms with E-state index in [0.717, 1.165) is 13.0 Å². The van der Waals surface area contributed by atoms with E-state index in [1.807, 2.05) is 0 Å². The Labute approximate surface area is 109 Å². The molecule has 1 fully saturated rings. The van der Waals surface area contributed by atoms with Crippen molar-refractivity contribution in [3.8, 4) is 17.2 Å². The van der Waals surface area contributed by atoms with Gasteiger partial charge in [-0.25, -0.2) is 4.39 Å². The van der Waals surface area contributed by atoms with Crippen LogP contribution < -0.4 is 0 Å². The summed E-state index contributed by atoms with van der Waals surface area (Å²) in [5.41, 5.74) is -0.0519. The number of halogens is 1. The van der Waals surface area contributed by atoms with Gasteiger partial charge in [-0.2, -0.15) is 4.98 Å². The van der Waals surface area contributed by atoms with E-state index < -0.39 is 5.82 Å². The summed E-state index contributed by atoms with van der Waals surface area (Å²) >= 11 is 0. The molecule has 0 radical (unpaired) electrons. The van der Waals surface area contributed by atoms with Crippen molar-refractivity contribution in [1.29, 1.82) is 0 Å². The third kappa shape index (κ3) is 2.44. The SMILES string of the molecule is Oc1cccc(F)c1-c1nc(CC2CCOC2)no1. The van der Waals surface area contributed by atoms with Gasteiger partial charge in [0.05, 0.1) is 0 Å². The summed E-state index contributed by atoms with van der Waals surface area (Å²) in [6.45, 7) is 1.44. The van der Waals surface area contributed by atoms with Crippen molar-refractivity contribution in [3.05, 3.63) is 29.8 Å². The van der Waals surface area contributed by atoms with Crippen LogP contribution in [0.2, 0.25) is 0 Å². The number of benzene rings is 1. The number of hydrogen-bond acceptors (Lipinski definition) is 5. The summed E-state index contributed by atoms with van der Waals surface area (Å²) < 4.78 is 23.9. The number of rotatable bonds is 3. The van der Waals surface area contributed by atoms with Crippen LogP contribution >= 0.6 is 0 Å². The fraction of sp³-hybridized carbons (Fsp3) is 0.385. The molecule has 1 atom stereocenters. The fourth-order valence-corrected chi connectivity index (χ4v) is 2.17. The van der Waals surface area contributed by atoms with Crippen molar-refractivity contribution in [3.63, 3.8) is 0 Å². The van der Waals surface area contributed by atoms with E-state index in [-0.39, 0.29) is 17.2 Å². The Bertz CT molecular complexity index is 559. The Balaban J connectivity index is 1.84. The summed E-state index contributed by atoms with van der Waals surface area (Å²) in [6.07, 6.45) is 1.60. The van der Waals surface area contributed by atoms with Crippen LogP contribution in [0.25, 0.3) is 11.5 Å². The molecule has 0 bridgehead atoms. The predicted octanol–water partition coefficient (Wildman–Crippen LogP) is 2.16. The van der Waals surface area contributed by atoms with Gasteiger partial charge in [0.15, 0.2) is 5.82 Å². The van der Waals surface area contributed by atoms with Crippen LogP contribution in [0.3, 0.4) is 0 Å². The normalized spacial score (nSPS) is 18.9. The number of nitrogens with zero attached hydrogens (tertiary/aromatic N) is 2. The van der Waals surface area contributed by atoms with Gasteiger partial charge in [0.2, 0.25) is 0 Å². The third-order valence-corrected chi connectivity index (χ3v) is 3.17. The molecule has 0 amide bonds. The molecule has 100 valence electrons. The van der Waals surface area contributed by atoms with Crippen molar-refractivity contribution >= 4 is 0 Å². The van der Waals surface area contributed by atoms with Gasteiger partial charge >= 0.3 is 0 Å². The first-order chi connectivity index (χ1) is 9.24. The zero-order valence-corrected chi connectivity index (χ0v) is 10.2. The van der Waals surface area contributed by atoms with E-state index in [1.165, 1.54) is 18.2 Å². The molecule has 2 heterocycles. The van der Waals surface area contributed by atoms with Gasteiger partial charge in [-0.15, -0.1) is 0 Å². The zero-order chi connectivity index (χ0) is 13.2. The number of phenolic OH excluding ortho intramolecular Hbond substituents is 1. The summed E-state index contributed by atoms with van der Waals surface area (Å²) in [4.78, 5) is 4.13. The van der Waals surface area contributed by atoms with Gasteiger partial charge in [0.25, 0.3) is 5.89 Å². The zero-order valence-electron chi connectivity index (χ0n) is 10.2. The van der Waals surface area contributed by atoms with Gasteiger partial charge in [0.1, 0.15) is 17.1 Å². The van der Waals surface area contributed by atoms with Crippen molar-refractivity contribution in [2.45, 2.75) is 12.8 Å². The van der Waals surface area contributed by atoms with Gasteiger partial charge < -0.3 is 14.4 Å². The number of aromatic hydroxyl groups is 1. The van der Waals surface area contributed by atoms with Gasteiger partial charge in [-0.3, -0.25) is 0 Å². The standard InChI is InChI=1S/C13H13FN2O3/c14-9-2-1-3-10(17)12(9)13-15-11(16-19-13)6-8-4-5-18-7-8/h1-3,8,17H,4-7H2. The average molecular weight is 264 g/mol. The van der Waals surface area contributed by atoms with Crippen molar-refractivity contribution in [2.75, 3.05) is 13.2 Å². The molecule has 0 spiro atoms. The van der Waals surface area contributed by atoms with Crippen LogP contribution in [0.5, 0.6) is 5.75 Å². The lowest BCUT2D eigenvalue weighted by Gasteiger charge is -2.01. The largest absolute Gasteiger partial charge is 0.507 e. The van der Waals surface area contributed by atoms with Crippen LogP contribution in [0.15, 0.2) is 22.7 Å². The summed E-state index contributed by atoms with van der Waals surface area (Å²) in [5, 5.41) is 13.5. The van der Waals surface area contributed by atoms with Crippen molar-refractivity contribution < 1.29 is 18.8 Å². The molecule has 6 heteroatoms. The summed E-state index contributed by atoms with van der Waals surface area (Å²) in [6, 6.07) is 4.04. The molecule has 5 nitrogen and oxygen atoms in total. The number of ether oxygens (including phenoxy) is 1. The second-order valence-electron chi connectivity index (χ2n) is 4.58. The quantitative estimate of drug-likeness (QED) is 0.920. The van der Waals surface area contributed by atoms with Crippen LogP contribution in [-0.4, -0.2) is 28.5 Å². The minimum atomic E-state index is -0.584. The predicted molar refractivity (Wildman–Crippen MR) is 64.0 cm³/mol. The number of hydrogen-bond donors (Lipinski definition) is 1. The Morgan fingerprint density at radius 3 is 3.05 bits per heavy atom. The molecule has 1 aromatic heterocycles. The fourth-order valence-electron chi connectivity index (χ4n) is 2.17. The van der Waals surface area contributed by atoms with Crippen LogP contribution in [-0.2, 0) is 11.2 Å². The first-order valence-corrected chi connectivity index (χ1v) is 6.12. The Morgan fingerprint density at radius 1 is 1.42 bits per heavy atom. The molecule has 3 rings (SSSR count). The Morgan fingerprint density at radius 2 is 2.32 bits per heavy atom. The minimum absolute atomic E-state index is 0.00418. The maximum Gasteiger partial charge on any atom is 0.264 e. The van der Waals surface area contributed by atoms with Gasteiger partial charge in [-0.1, -0.05) is 11.2 Å².